The lowest BCUT2D eigenvalue weighted by molar-refractivity contribution is 0.0727. The summed E-state index contributed by atoms with van der Waals surface area (Å²) < 4.78 is 5.40. The fraction of sp³-hybridized carbons (Fsp3) is 1.00. The van der Waals surface area contributed by atoms with E-state index >= 15 is 0 Å². The standard InChI is InChI=1S/C8H11ClO/c1-10-8-4-2-3-5(6(3)8)7(4)9/h3-8H,2H2,1H3/t3-,4-,5?,6?,7+,8+/m1/s1. The van der Waals surface area contributed by atoms with Gasteiger partial charge < -0.3 is 4.74 Å². The molecule has 4 aliphatic carbocycles. The van der Waals surface area contributed by atoms with Gasteiger partial charge in [-0.05, 0) is 24.2 Å². The SMILES string of the molecule is CO[C@@H]1C2C3[C@H]2C[C@@H]1[C@@H]3Cl. The van der Waals surface area contributed by atoms with Crippen molar-refractivity contribution in [2.75, 3.05) is 7.11 Å². The van der Waals surface area contributed by atoms with Gasteiger partial charge in [-0.1, -0.05) is 0 Å². The first-order valence-corrected chi connectivity index (χ1v) is 4.45. The second-order valence-electron chi connectivity index (χ2n) is 3.86. The molecule has 4 aliphatic rings. The zero-order chi connectivity index (χ0) is 6.88. The molecule has 0 N–H and O–H groups in total. The topological polar surface area (TPSA) is 9.23 Å². The van der Waals surface area contributed by atoms with Crippen molar-refractivity contribution in [2.45, 2.75) is 17.9 Å². The van der Waals surface area contributed by atoms with E-state index in [2.05, 4.69) is 0 Å². The molecule has 0 aromatic carbocycles. The monoisotopic (exact) mass is 158 g/mol. The van der Waals surface area contributed by atoms with E-state index in [9.17, 15) is 0 Å². The van der Waals surface area contributed by atoms with Gasteiger partial charge in [0.15, 0.2) is 0 Å². The Balaban J connectivity index is 1.95. The largest absolute Gasteiger partial charge is 0.381 e. The summed E-state index contributed by atoms with van der Waals surface area (Å²) in [6, 6.07) is 0. The van der Waals surface area contributed by atoms with Crippen LogP contribution in [0.25, 0.3) is 0 Å². The first-order valence-electron chi connectivity index (χ1n) is 4.01. The lowest BCUT2D eigenvalue weighted by Gasteiger charge is -2.13. The molecule has 4 fully saturated rings. The maximum Gasteiger partial charge on any atom is 0.0647 e. The van der Waals surface area contributed by atoms with Crippen molar-refractivity contribution in [3.63, 3.8) is 0 Å². The van der Waals surface area contributed by atoms with E-state index in [4.69, 9.17) is 16.3 Å². The summed E-state index contributed by atoms with van der Waals surface area (Å²) in [5, 5.41) is 0.458. The van der Waals surface area contributed by atoms with Gasteiger partial charge in [0.05, 0.1) is 6.10 Å². The minimum atomic E-state index is 0.458. The van der Waals surface area contributed by atoms with Gasteiger partial charge in [-0.15, -0.1) is 11.6 Å². The summed E-state index contributed by atoms with van der Waals surface area (Å²) in [6.45, 7) is 0. The maximum atomic E-state index is 6.19. The molecule has 0 aromatic heterocycles. The Hall–Kier alpha value is 0.250. The van der Waals surface area contributed by atoms with Gasteiger partial charge in [-0.25, -0.2) is 0 Å². The van der Waals surface area contributed by atoms with E-state index in [1.807, 2.05) is 7.11 Å². The molecule has 6 atom stereocenters. The Kier molecular flexibility index (Phi) is 0.897. The molecule has 0 spiro atoms. The highest BCUT2D eigenvalue weighted by atomic mass is 35.5. The molecule has 4 saturated carbocycles. The molecule has 0 heterocycles. The van der Waals surface area contributed by atoms with Gasteiger partial charge in [-0.3, -0.25) is 0 Å². The molecule has 0 aliphatic heterocycles. The molecule has 56 valence electrons. The Morgan fingerprint density at radius 1 is 1.30 bits per heavy atom. The highest BCUT2D eigenvalue weighted by Crippen LogP contribution is 2.72. The Morgan fingerprint density at radius 2 is 2.10 bits per heavy atom. The summed E-state index contributed by atoms with van der Waals surface area (Å²) in [5.74, 6) is 3.36. The third-order valence-corrected chi connectivity index (χ3v) is 4.30. The molecular weight excluding hydrogens is 148 g/mol. The lowest BCUT2D eigenvalue weighted by Crippen LogP contribution is -2.18. The van der Waals surface area contributed by atoms with Crippen molar-refractivity contribution in [3.8, 4) is 0 Å². The van der Waals surface area contributed by atoms with E-state index in [-0.39, 0.29) is 0 Å². The summed E-state index contributed by atoms with van der Waals surface area (Å²) in [6.07, 6.45) is 1.87. The second kappa shape index (κ2) is 1.54. The molecule has 0 aromatic rings. The van der Waals surface area contributed by atoms with Gasteiger partial charge >= 0.3 is 0 Å². The normalized spacial score (nSPS) is 69.0. The van der Waals surface area contributed by atoms with Crippen LogP contribution < -0.4 is 0 Å². The fourth-order valence-electron chi connectivity index (χ4n) is 3.32. The van der Waals surface area contributed by atoms with Crippen LogP contribution >= 0.6 is 11.6 Å². The van der Waals surface area contributed by atoms with Crippen molar-refractivity contribution in [1.29, 1.82) is 0 Å². The van der Waals surface area contributed by atoms with Gasteiger partial charge in [0.2, 0.25) is 0 Å². The smallest absolute Gasteiger partial charge is 0.0647 e. The second-order valence-corrected chi connectivity index (χ2v) is 4.37. The highest BCUT2D eigenvalue weighted by Gasteiger charge is 2.73. The molecule has 1 nitrogen and oxygen atoms in total. The quantitative estimate of drug-likeness (QED) is 0.526. The number of alkyl halides is 1. The minimum absolute atomic E-state index is 0.458. The van der Waals surface area contributed by atoms with Crippen LogP contribution in [0.2, 0.25) is 0 Å². The summed E-state index contributed by atoms with van der Waals surface area (Å²) in [5.41, 5.74) is 0. The van der Waals surface area contributed by atoms with Gasteiger partial charge in [0, 0.05) is 18.4 Å². The molecule has 10 heavy (non-hydrogen) atoms. The number of halogens is 1. The van der Waals surface area contributed by atoms with Crippen LogP contribution in [0.3, 0.4) is 0 Å². The Morgan fingerprint density at radius 3 is 2.30 bits per heavy atom. The fourth-order valence-corrected chi connectivity index (χ4v) is 3.92. The third kappa shape index (κ3) is 0.417. The highest BCUT2D eigenvalue weighted by molar-refractivity contribution is 6.21. The Bertz CT molecular complexity index is 182. The zero-order valence-corrected chi connectivity index (χ0v) is 6.71. The first-order chi connectivity index (χ1) is 4.84. The number of ether oxygens (including phenoxy) is 1. The summed E-state index contributed by atoms with van der Waals surface area (Å²) >= 11 is 6.19. The van der Waals surface area contributed by atoms with Crippen LogP contribution in [0.5, 0.6) is 0 Å². The van der Waals surface area contributed by atoms with E-state index in [1.54, 1.807) is 0 Å². The number of hydrogen-bond acceptors (Lipinski definition) is 1. The van der Waals surface area contributed by atoms with Crippen LogP contribution in [0.1, 0.15) is 6.42 Å². The minimum Gasteiger partial charge on any atom is -0.381 e. The van der Waals surface area contributed by atoms with Crippen molar-refractivity contribution in [3.05, 3.63) is 0 Å². The zero-order valence-electron chi connectivity index (χ0n) is 5.96. The predicted octanol–water partition coefficient (Wildman–Crippen LogP) is 1.50. The molecular formula is C8H11ClO. The van der Waals surface area contributed by atoms with Gasteiger partial charge in [0.25, 0.3) is 0 Å². The maximum absolute atomic E-state index is 6.19. The van der Waals surface area contributed by atoms with Crippen molar-refractivity contribution in [1.82, 2.24) is 0 Å². The number of rotatable bonds is 1. The first kappa shape index (κ1) is 5.84. The van der Waals surface area contributed by atoms with Gasteiger partial charge in [0.1, 0.15) is 0 Å². The molecule has 0 saturated heterocycles. The average Bonchev–Trinajstić information content (AvgIpc) is 2.29. The number of methoxy groups -OCH3 is 1. The summed E-state index contributed by atoms with van der Waals surface area (Å²) in [7, 11) is 1.82. The molecule has 0 radical (unpaired) electrons. The van der Waals surface area contributed by atoms with Crippen LogP contribution in [0, 0.1) is 23.7 Å². The van der Waals surface area contributed by atoms with Crippen LogP contribution in [-0.2, 0) is 4.74 Å². The van der Waals surface area contributed by atoms with Gasteiger partial charge in [-0.2, -0.15) is 0 Å². The molecule has 0 amide bonds. The van der Waals surface area contributed by atoms with Crippen molar-refractivity contribution in [2.24, 2.45) is 23.7 Å². The molecule has 2 unspecified atom stereocenters. The van der Waals surface area contributed by atoms with E-state index in [1.165, 1.54) is 6.42 Å². The van der Waals surface area contributed by atoms with Crippen molar-refractivity contribution >= 4 is 11.6 Å². The molecule has 4 rings (SSSR count). The number of hydrogen-bond donors (Lipinski definition) is 0. The van der Waals surface area contributed by atoms with Crippen LogP contribution in [-0.4, -0.2) is 18.6 Å². The van der Waals surface area contributed by atoms with Crippen LogP contribution in [0.15, 0.2) is 0 Å². The Labute approximate surface area is 65.7 Å². The predicted molar refractivity (Wildman–Crippen MR) is 39.0 cm³/mol. The average molecular weight is 159 g/mol. The van der Waals surface area contributed by atoms with E-state index in [0.29, 0.717) is 17.4 Å². The summed E-state index contributed by atoms with van der Waals surface area (Å²) in [4.78, 5) is 0. The third-order valence-electron chi connectivity index (χ3n) is 3.69. The van der Waals surface area contributed by atoms with Crippen molar-refractivity contribution < 1.29 is 4.74 Å². The van der Waals surface area contributed by atoms with Crippen LogP contribution in [0.4, 0.5) is 0 Å². The lowest BCUT2D eigenvalue weighted by atomic mass is 10.1. The molecule has 4 bridgehead atoms. The van der Waals surface area contributed by atoms with E-state index < -0.39 is 0 Å². The molecule has 2 heteroatoms. The van der Waals surface area contributed by atoms with E-state index in [0.717, 1.165) is 17.8 Å².